The molecule has 0 saturated carbocycles. The van der Waals surface area contributed by atoms with Gasteiger partial charge in [-0.25, -0.2) is 0 Å². The lowest BCUT2D eigenvalue weighted by atomic mass is 9.59. The molecule has 0 aromatic heterocycles. The molecule has 23 heavy (non-hydrogen) atoms. The molecular formula is C20H21NO2. The zero-order chi connectivity index (χ0) is 16.0. The topological polar surface area (TPSA) is 52.3 Å². The second kappa shape index (κ2) is 5.50. The van der Waals surface area contributed by atoms with Gasteiger partial charge >= 0.3 is 5.97 Å². The zero-order valence-electron chi connectivity index (χ0n) is 13.2. The molecule has 2 atom stereocenters. The van der Waals surface area contributed by atoms with Crippen molar-refractivity contribution in [1.82, 2.24) is 0 Å². The van der Waals surface area contributed by atoms with Gasteiger partial charge in [-0.1, -0.05) is 48.5 Å². The van der Waals surface area contributed by atoms with Crippen molar-refractivity contribution < 1.29 is 9.53 Å². The number of hydrogen-bond acceptors (Lipinski definition) is 3. The van der Waals surface area contributed by atoms with E-state index in [0.717, 1.165) is 6.42 Å². The highest BCUT2D eigenvalue weighted by Crippen LogP contribution is 2.55. The summed E-state index contributed by atoms with van der Waals surface area (Å²) in [5, 5.41) is 0. The molecule has 0 amide bonds. The minimum Gasteiger partial charge on any atom is -0.461 e. The average molecular weight is 307 g/mol. The largest absolute Gasteiger partial charge is 0.461 e. The minimum absolute atomic E-state index is 0.102. The molecule has 2 bridgehead atoms. The molecule has 2 aromatic rings. The van der Waals surface area contributed by atoms with Crippen LogP contribution in [0.4, 0.5) is 0 Å². The maximum Gasteiger partial charge on any atom is 0.310 e. The SMILES string of the molecule is CC(CN)OC(=O)C1CC2c3ccccc3C1c1ccccc12. The van der Waals surface area contributed by atoms with Crippen molar-refractivity contribution in [2.75, 3.05) is 6.54 Å². The molecule has 2 unspecified atom stereocenters. The Morgan fingerprint density at radius 3 is 2.13 bits per heavy atom. The number of rotatable bonds is 3. The molecule has 3 aliphatic rings. The van der Waals surface area contributed by atoms with Gasteiger partial charge in [-0.2, -0.15) is 0 Å². The van der Waals surface area contributed by atoms with E-state index in [0.29, 0.717) is 6.54 Å². The molecule has 3 nitrogen and oxygen atoms in total. The molecule has 0 spiro atoms. The van der Waals surface area contributed by atoms with Crippen LogP contribution in [0.5, 0.6) is 0 Å². The van der Waals surface area contributed by atoms with Crippen LogP contribution in [0, 0.1) is 5.92 Å². The van der Waals surface area contributed by atoms with Crippen LogP contribution in [0.2, 0.25) is 0 Å². The standard InChI is InChI=1S/C20H21NO2/c1-12(11-21)23-20(22)18-10-17-13-6-2-4-8-15(13)19(18)16-9-5-3-7-14(16)17/h2-9,12,17-19H,10-11,21H2,1H3. The van der Waals surface area contributed by atoms with Crippen LogP contribution in [0.1, 0.15) is 47.4 Å². The predicted octanol–water partition coefficient (Wildman–Crippen LogP) is 3.17. The summed E-state index contributed by atoms with van der Waals surface area (Å²) in [4.78, 5) is 12.7. The van der Waals surface area contributed by atoms with Gasteiger partial charge < -0.3 is 10.5 Å². The quantitative estimate of drug-likeness (QED) is 0.886. The lowest BCUT2D eigenvalue weighted by Crippen LogP contribution is -2.38. The van der Waals surface area contributed by atoms with Crippen molar-refractivity contribution in [3.05, 3.63) is 70.8 Å². The summed E-state index contributed by atoms with van der Waals surface area (Å²) in [6, 6.07) is 17.0. The van der Waals surface area contributed by atoms with Crippen LogP contribution < -0.4 is 5.73 Å². The summed E-state index contributed by atoms with van der Waals surface area (Å²) in [6.07, 6.45) is 0.600. The van der Waals surface area contributed by atoms with E-state index in [1.54, 1.807) is 0 Å². The summed E-state index contributed by atoms with van der Waals surface area (Å²) in [6.45, 7) is 2.21. The molecule has 0 radical (unpaired) electrons. The smallest absolute Gasteiger partial charge is 0.310 e. The van der Waals surface area contributed by atoms with E-state index in [2.05, 4.69) is 48.5 Å². The highest BCUT2D eigenvalue weighted by Gasteiger charge is 2.46. The van der Waals surface area contributed by atoms with Crippen molar-refractivity contribution >= 4 is 5.97 Å². The highest BCUT2D eigenvalue weighted by molar-refractivity contribution is 5.78. The second-order valence-electron chi connectivity index (χ2n) is 6.61. The van der Waals surface area contributed by atoms with E-state index in [1.807, 2.05) is 6.92 Å². The number of hydrogen-bond donors (Lipinski definition) is 1. The lowest BCUT2D eigenvalue weighted by Gasteiger charge is -2.44. The van der Waals surface area contributed by atoms with E-state index in [4.69, 9.17) is 10.5 Å². The van der Waals surface area contributed by atoms with Crippen molar-refractivity contribution in [3.63, 3.8) is 0 Å². The fourth-order valence-electron chi connectivity index (χ4n) is 4.20. The van der Waals surface area contributed by atoms with Crippen LogP contribution >= 0.6 is 0 Å². The van der Waals surface area contributed by atoms with Crippen LogP contribution in [-0.4, -0.2) is 18.6 Å². The van der Waals surface area contributed by atoms with E-state index in [-0.39, 0.29) is 29.8 Å². The molecule has 3 aliphatic carbocycles. The normalized spacial score (nSPS) is 25.4. The van der Waals surface area contributed by atoms with Gasteiger partial charge in [0.1, 0.15) is 6.10 Å². The fourth-order valence-corrected chi connectivity index (χ4v) is 4.20. The van der Waals surface area contributed by atoms with E-state index < -0.39 is 0 Å². The number of carbonyl (C=O) groups excluding carboxylic acids is 1. The molecule has 0 saturated heterocycles. The van der Waals surface area contributed by atoms with Crippen molar-refractivity contribution in [1.29, 1.82) is 0 Å². The molecule has 3 heteroatoms. The van der Waals surface area contributed by atoms with Gasteiger partial charge in [0.2, 0.25) is 0 Å². The molecule has 0 fully saturated rings. The van der Waals surface area contributed by atoms with E-state index >= 15 is 0 Å². The Morgan fingerprint density at radius 1 is 1.09 bits per heavy atom. The monoisotopic (exact) mass is 307 g/mol. The Kier molecular flexibility index (Phi) is 3.46. The van der Waals surface area contributed by atoms with Crippen molar-refractivity contribution in [2.24, 2.45) is 11.7 Å². The third kappa shape index (κ3) is 2.19. The van der Waals surface area contributed by atoms with Gasteiger partial charge in [0.05, 0.1) is 5.92 Å². The number of fused-ring (bicyclic) bond motifs is 1. The third-order valence-electron chi connectivity index (χ3n) is 5.26. The first-order valence-corrected chi connectivity index (χ1v) is 8.29. The maximum absolute atomic E-state index is 12.7. The van der Waals surface area contributed by atoms with Gasteiger partial charge in [0, 0.05) is 18.4 Å². The summed E-state index contributed by atoms with van der Waals surface area (Å²) in [5.74, 6) is 0.170. The molecular weight excluding hydrogens is 286 g/mol. The number of esters is 1. The molecule has 2 aromatic carbocycles. The zero-order valence-corrected chi connectivity index (χ0v) is 13.2. The summed E-state index contributed by atoms with van der Waals surface area (Å²) in [7, 11) is 0. The molecule has 118 valence electrons. The summed E-state index contributed by atoms with van der Waals surface area (Å²) >= 11 is 0. The number of benzene rings is 2. The van der Waals surface area contributed by atoms with Crippen LogP contribution in [0.15, 0.2) is 48.5 Å². The molecule has 5 rings (SSSR count). The molecule has 0 aliphatic heterocycles. The average Bonchev–Trinajstić information content (AvgIpc) is 2.61. The van der Waals surface area contributed by atoms with E-state index in [9.17, 15) is 4.79 Å². The first-order chi connectivity index (χ1) is 11.2. The fraction of sp³-hybridized carbons (Fsp3) is 0.350. The van der Waals surface area contributed by atoms with Crippen LogP contribution in [0.25, 0.3) is 0 Å². The van der Waals surface area contributed by atoms with E-state index in [1.165, 1.54) is 22.3 Å². The Morgan fingerprint density at radius 2 is 1.61 bits per heavy atom. The van der Waals surface area contributed by atoms with Gasteiger partial charge in [-0.05, 0) is 35.6 Å². The Hall–Kier alpha value is -2.13. The Bertz CT molecular complexity index is 707. The van der Waals surface area contributed by atoms with Crippen LogP contribution in [0.3, 0.4) is 0 Å². The summed E-state index contributed by atoms with van der Waals surface area (Å²) < 4.78 is 5.56. The summed E-state index contributed by atoms with van der Waals surface area (Å²) in [5.41, 5.74) is 10.9. The predicted molar refractivity (Wildman–Crippen MR) is 89.3 cm³/mol. The highest BCUT2D eigenvalue weighted by atomic mass is 16.5. The number of carbonyl (C=O) groups is 1. The lowest BCUT2D eigenvalue weighted by molar-refractivity contribution is -0.154. The third-order valence-corrected chi connectivity index (χ3v) is 5.26. The van der Waals surface area contributed by atoms with Crippen molar-refractivity contribution in [3.8, 4) is 0 Å². The first-order valence-electron chi connectivity index (χ1n) is 8.29. The second-order valence-corrected chi connectivity index (χ2v) is 6.61. The molecule has 0 heterocycles. The number of ether oxygens (including phenoxy) is 1. The minimum atomic E-state index is -0.228. The first kappa shape index (κ1) is 14.5. The van der Waals surface area contributed by atoms with Gasteiger partial charge in [-0.3, -0.25) is 4.79 Å². The maximum atomic E-state index is 12.7. The Labute approximate surface area is 136 Å². The Balaban J connectivity index is 1.78. The van der Waals surface area contributed by atoms with Gasteiger partial charge in [0.25, 0.3) is 0 Å². The number of nitrogens with two attached hydrogens (primary N) is 1. The van der Waals surface area contributed by atoms with Gasteiger partial charge in [0.15, 0.2) is 0 Å². The van der Waals surface area contributed by atoms with Crippen LogP contribution in [-0.2, 0) is 9.53 Å². The van der Waals surface area contributed by atoms with Crippen molar-refractivity contribution in [2.45, 2.75) is 31.3 Å². The molecule has 2 N–H and O–H groups in total. The van der Waals surface area contributed by atoms with Gasteiger partial charge in [-0.15, -0.1) is 0 Å².